The fraction of sp³-hybridized carbons (Fsp3) is 0.226. The zero-order valence-electron chi connectivity index (χ0n) is 24.5. The second-order valence-corrected chi connectivity index (χ2v) is 12.4. The van der Waals surface area contributed by atoms with Crippen molar-refractivity contribution in [1.29, 1.82) is 5.41 Å². The first-order valence-electron chi connectivity index (χ1n) is 13.9. The van der Waals surface area contributed by atoms with E-state index in [-0.39, 0.29) is 53.6 Å². The van der Waals surface area contributed by atoms with Crippen molar-refractivity contribution in [2.24, 2.45) is 5.73 Å². The molecule has 0 aliphatic heterocycles. The first kappa shape index (κ1) is 31.8. The molecular weight excluding hydrogens is 580 g/mol. The number of nitrogens with zero attached hydrogens (tertiary/aromatic N) is 2. The Labute approximate surface area is 256 Å². The Balaban J connectivity index is 1.59. The predicted molar refractivity (Wildman–Crippen MR) is 174 cm³/mol. The average Bonchev–Trinajstić information content (AvgIpc) is 2.97. The number of aromatic nitrogens is 2. The highest BCUT2D eigenvalue weighted by atomic mass is 32.2. The first-order chi connectivity index (χ1) is 20.9. The third-order valence-electron chi connectivity index (χ3n) is 6.56. The summed E-state index contributed by atoms with van der Waals surface area (Å²) in [6, 6.07) is 20.7. The van der Waals surface area contributed by atoms with E-state index in [1.807, 2.05) is 44.2 Å². The lowest BCUT2D eigenvalue weighted by atomic mass is 10.1. The van der Waals surface area contributed by atoms with Gasteiger partial charge in [0.15, 0.2) is 5.82 Å². The van der Waals surface area contributed by atoms with Gasteiger partial charge in [0.2, 0.25) is 15.9 Å². The smallest absolute Gasteiger partial charge is 0.294 e. The molecule has 1 amide bonds. The summed E-state index contributed by atoms with van der Waals surface area (Å²) in [6.45, 7) is 3.58. The van der Waals surface area contributed by atoms with E-state index in [2.05, 4.69) is 20.3 Å². The third kappa shape index (κ3) is 8.67. The summed E-state index contributed by atoms with van der Waals surface area (Å²) < 4.78 is 29.6. The lowest BCUT2D eigenvalue weighted by Crippen LogP contribution is -2.35. The number of amides is 1. The SMILES string of the molecule is CC(C)Nc1ncc(-c2cc(N)cc(NS(=O)(=O)CCc3ccccc3)c2)n(CC(=O)NCc2ccc(C(=N)N)cc2)c1=O. The second kappa shape index (κ2) is 13.9. The van der Waals surface area contributed by atoms with Crippen LogP contribution in [0.4, 0.5) is 17.2 Å². The molecule has 4 rings (SSSR count). The molecule has 0 fully saturated rings. The summed E-state index contributed by atoms with van der Waals surface area (Å²) in [5.74, 6) is -0.556. The van der Waals surface area contributed by atoms with Crippen molar-refractivity contribution in [3.63, 3.8) is 0 Å². The largest absolute Gasteiger partial charge is 0.399 e. The van der Waals surface area contributed by atoms with Crippen molar-refractivity contribution < 1.29 is 13.2 Å². The van der Waals surface area contributed by atoms with Gasteiger partial charge >= 0.3 is 0 Å². The maximum atomic E-state index is 13.5. The van der Waals surface area contributed by atoms with Crippen molar-refractivity contribution in [1.82, 2.24) is 14.9 Å². The molecular formula is C31H36N8O4S. The molecule has 0 saturated heterocycles. The van der Waals surface area contributed by atoms with Gasteiger partial charge in [0.25, 0.3) is 5.56 Å². The average molecular weight is 617 g/mol. The number of nitrogen functional groups attached to an aromatic ring is 2. The number of sulfonamides is 1. The van der Waals surface area contributed by atoms with Crippen LogP contribution in [-0.4, -0.2) is 41.5 Å². The van der Waals surface area contributed by atoms with Gasteiger partial charge in [-0.3, -0.25) is 24.3 Å². The van der Waals surface area contributed by atoms with E-state index in [1.54, 1.807) is 36.4 Å². The Kier molecular flexibility index (Phi) is 10.0. The molecule has 0 atom stereocenters. The van der Waals surface area contributed by atoms with Crippen LogP contribution in [0.25, 0.3) is 11.3 Å². The quantitative estimate of drug-likeness (QED) is 0.0748. The van der Waals surface area contributed by atoms with Gasteiger partial charge in [0.1, 0.15) is 12.4 Å². The fourth-order valence-electron chi connectivity index (χ4n) is 4.44. The van der Waals surface area contributed by atoms with Crippen molar-refractivity contribution in [3.05, 3.63) is 106 Å². The third-order valence-corrected chi connectivity index (χ3v) is 7.85. The molecule has 0 radical (unpaired) electrons. The minimum Gasteiger partial charge on any atom is -0.399 e. The number of carbonyl (C=O) groups excluding carboxylic acids is 1. The van der Waals surface area contributed by atoms with Crippen LogP contribution in [0.15, 0.2) is 83.8 Å². The molecule has 13 heteroatoms. The molecule has 0 bridgehead atoms. The van der Waals surface area contributed by atoms with Crippen molar-refractivity contribution >= 4 is 39.0 Å². The van der Waals surface area contributed by atoms with Crippen LogP contribution in [0.2, 0.25) is 0 Å². The number of carbonyl (C=O) groups is 1. The molecule has 12 nitrogen and oxygen atoms in total. The molecule has 44 heavy (non-hydrogen) atoms. The van der Waals surface area contributed by atoms with E-state index >= 15 is 0 Å². The number of nitrogens with two attached hydrogens (primary N) is 2. The van der Waals surface area contributed by atoms with Crippen LogP contribution in [-0.2, 0) is 34.3 Å². The second-order valence-electron chi connectivity index (χ2n) is 10.6. The van der Waals surface area contributed by atoms with Crippen molar-refractivity contribution in [3.8, 4) is 11.3 Å². The number of rotatable bonds is 13. The number of hydrogen-bond donors (Lipinski definition) is 6. The minimum atomic E-state index is -3.73. The molecule has 0 aliphatic rings. The zero-order valence-corrected chi connectivity index (χ0v) is 25.3. The van der Waals surface area contributed by atoms with Crippen LogP contribution >= 0.6 is 0 Å². The number of benzene rings is 3. The molecule has 3 aromatic carbocycles. The molecule has 230 valence electrons. The summed E-state index contributed by atoms with van der Waals surface area (Å²) >= 11 is 0. The highest BCUT2D eigenvalue weighted by molar-refractivity contribution is 7.92. The number of hydrogen-bond acceptors (Lipinski definition) is 8. The van der Waals surface area contributed by atoms with E-state index in [9.17, 15) is 18.0 Å². The molecule has 0 spiro atoms. The molecule has 4 aromatic rings. The molecule has 0 aliphatic carbocycles. The maximum absolute atomic E-state index is 13.5. The normalized spacial score (nSPS) is 11.2. The monoisotopic (exact) mass is 616 g/mol. The van der Waals surface area contributed by atoms with Gasteiger partial charge in [-0.25, -0.2) is 13.4 Å². The molecule has 0 saturated carbocycles. The Morgan fingerprint density at radius 1 is 1.02 bits per heavy atom. The first-order valence-corrected chi connectivity index (χ1v) is 15.6. The van der Waals surface area contributed by atoms with Gasteiger partial charge in [0, 0.05) is 29.4 Å². The highest BCUT2D eigenvalue weighted by Crippen LogP contribution is 2.26. The van der Waals surface area contributed by atoms with Gasteiger partial charge < -0.3 is 22.1 Å². The van der Waals surface area contributed by atoms with Crippen LogP contribution in [0.1, 0.15) is 30.5 Å². The van der Waals surface area contributed by atoms with Crippen LogP contribution in [0.5, 0.6) is 0 Å². The number of aryl methyl sites for hydroxylation is 1. The van der Waals surface area contributed by atoms with Gasteiger partial charge in [0.05, 0.1) is 23.3 Å². The molecule has 0 unspecified atom stereocenters. The topological polar surface area (TPSA) is 198 Å². The molecule has 1 heterocycles. The van der Waals surface area contributed by atoms with Gasteiger partial charge in [-0.05, 0) is 49.6 Å². The van der Waals surface area contributed by atoms with Crippen molar-refractivity contribution in [2.45, 2.75) is 39.4 Å². The zero-order chi connectivity index (χ0) is 31.9. The maximum Gasteiger partial charge on any atom is 0.294 e. The van der Waals surface area contributed by atoms with Crippen LogP contribution in [0.3, 0.4) is 0 Å². The standard InChI is InChI=1S/C31H36N8O4S/c1-20(2)37-30-31(41)39(19-28(40)35-17-22-8-10-23(11-9-22)29(33)34)27(18-36-30)24-14-25(32)16-26(15-24)38-44(42,43)13-12-21-6-4-3-5-7-21/h3-11,14-16,18,20,38H,12-13,17,19,32H2,1-2H3,(H3,33,34)(H,35,40)(H,36,37). The van der Waals surface area contributed by atoms with Crippen LogP contribution in [0, 0.1) is 5.41 Å². The summed E-state index contributed by atoms with van der Waals surface area (Å²) in [4.78, 5) is 30.9. The van der Waals surface area contributed by atoms with Gasteiger partial charge in [-0.15, -0.1) is 0 Å². The number of amidine groups is 1. The fourth-order valence-corrected chi connectivity index (χ4v) is 5.52. The molecule has 8 N–H and O–H groups in total. The summed E-state index contributed by atoms with van der Waals surface area (Å²) in [5, 5.41) is 13.3. The van der Waals surface area contributed by atoms with Gasteiger partial charge in [-0.2, -0.15) is 0 Å². The Bertz CT molecular complexity index is 1810. The van der Waals surface area contributed by atoms with E-state index in [4.69, 9.17) is 16.9 Å². The summed E-state index contributed by atoms with van der Waals surface area (Å²) in [6.07, 6.45) is 1.78. The van der Waals surface area contributed by atoms with Gasteiger partial charge in [-0.1, -0.05) is 54.6 Å². The Hall–Kier alpha value is -5.17. The van der Waals surface area contributed by atoms with E-state index in [1.165, 1.54) is 16.8 Å². The predicted octanol–water partition coefficient (Wildman–Crippen LogP) is 2.90. The summed E-state index contributed by atoms with van der Waals surface area (Å²) in [5.41, 5.74) is 14.5. The minimum absolute atomic E-state index is 0.0549. The lowest BCUT2D eigenvalue weighted by molar-refractivity contribution is -0.121. The number of nitrogens with one attached hydrogen (secondary N) is 4. The van der Waals surface area contributed by atoms with Crippen molar-refractivity contribution in [2.75, 3.05) is 21.5 Å². The van der Waals surface area contributed by atoms with E-state index in [0.717, 1.165) is 11.1 Å². The van der Waals surface area contributed by atoms with E-state index < -0.39 is 21.5 Å². The Morgan fingerprint density at radius 3 is 2.39 bits per heavy atom. The molecule has 1 aromatic heterocycles. The van der Waals surface area contributed by atoms with E-state index in [0.29, 0.717) is 17.5 Å². The Morgan fingerprint density at radius 2 is 1.73 bits per heavy atom. The summed E-state index contributed by atoms with van der Waals surface area (Å²) in [7, 11) is -3.73. The number of anilines is 3. The highest BCUT2D eigenvalue weighted by Gasteiger charge is 2.18. The van der Waals surface area contributed by atoms with Crippen LogP contribution < -0.4 is 32.4 Å². The lowest BCUT2D eigenvalue weighted by Gasteiger charge is -2.17.